The number of aryl methyl sites for hydroxylation is 5. The Bertz CT molecular complexity index is 1160. The number of methoxy groups -OCH3 is 1. The summed E-state index contributed by atoms with van der Waals surface area (Å²) in [6, 6.07) is 0. The molecule has 0 N–H and O–H groups in total. The standard InChI is InChI=1S/C10H13N3O.C10H13N3.I2/c1-6-9-8(13-7(2)12-6)5-11-10(9,3)14-4;1-6-10-7(2)13(4)5-9(10)12-8(3)11-6;1-2/h5H,1-4H3;5H,1-4H3;/i2*5D;. The molecule has 3 aromatic heterocycles. The van der Waals surface area contributed by atoms with Crippen LogP contribution in [0.1, 0.15) is 49.7 Å². The van der Waals surface area contributed by atoms with Crippen molar-refractivity contribution in [3.8, 4) is 0 Å². The first-order valence-corrected chi connectivity index (χ1v) is 15.2. The molecule has 3 aromatic rings. The molecule has 0 radical (unpaired) electrons. The SMILES string of the molecule is II.[2H]C1=NC(C)(OC)c2c(C)nc(C)nc21.[2H]c1c2nc(C)nc(C)c2c(C)n1C. The van der Waals surface area contributed by atoms with Gasteiger partial charge in [-0.25, -0.2) is 19.9 Å². The third-order valence-electron chi connectivity index (χ3n) is 4.78. The molecule has 1 atom stereocenters. The molecular weight excluding hydrogens is 594 g/mol. The van der Waals surface area contributed by atoms with E-state index < -0.39 is 5.72 Å². The largest absolute Gasteiger partial charge is 0.353 e. The van der Waals surface area contributed by atoms with Crippen molar-refractivity contribution in [1.29, 1.82) is 0 Å². The molecule has 0 saturated carbocycles. The van der Waals surface area contributed by atoms with E-state index in [4.69, 9.17) is 7.48 Å². The average molecular weight is 622 g/mol. The fraction of sp³-hybridized carbons (Fsp3) is 0.450. The molecule has 4 rings (SSSR count). The van der Waals surface area contributed by atoms with Gasteiger partial charge in [-0.2, -0.15) is 0 Å². The van der Waals surface area contributed by atoms with E-state index in [0.717, 1.165) is 39.4 Å². The maximum atomic E-state index is 7.88. The van der Waals surface area contributed by atoms with Gasteiger partial charge in [-0.05, 0) is 41.5 Å². The number of rotatable bonds is 1. The Morgan fingerprint density at radius 3 is 2.21 bits per heavy atom. The molecular formula is C20H26I2N6O. The van der Waals surface area contributed by atoms with Crippen molar-refractivity contribution >= 4 is 54.3 Å². The van der Waals surface area contributed by atoms with E-state index >= 15 is 0 Å². The van der Waals surface area contributed by atoms with Gasteiger partial charge in [-0.15, -0.1) is 0 Å². The quantitative estimate of drug-likeness (QED) is 0.357. The normalized spacial score (nSPS) is 18.1. The van der Waals surface area contributed by atoms with Crippen LogP contribution in [0.15, 0.2) is 11.2 Å². The van der Waals surface area contributed by atoms with Crippen molar-refractivity contribution < 1.29 is 7.48 Å². The summed E-state index contributed by atoms with van der Waals surface area (Å²) in [5.41, 5.74) is 4.19. The minimum Gasteiger partial charge on any atom is -0.353 e. The van der Waals surface area contributed by atoms with Crippen LogP contribution in [0.3, 0.4) is 0 Å². The predicted molar refractivity (Wildman–Crippen MR) is 134 cm³/mol. The van der Waals surface area contributed by atoms with Crippen LogP contribution in [0.25, 0.3) is 10.9 Å². The van der Waals surface area contributed by atoms with E-state index in [1.807, 2.05) is 53.2 Å². The molecule has 0 amide bonds. The van der Waals surface area contributed by atoms with Gasteiger partial charge in [-0.1, -0.05) is 0 Å². The molecule has 1 aliphatic rings. The van der Waals surface area contributed by atoms with Crippen LogP contribution in [-0.4, -0.2) is 37.8 Å². The van der Waals surface area contributed by atoms with Crippen molar-refractivity contribution in [3.63, 3.8) is 0 Å². The van der Waals surface area contributed by atoms with E-state index in [2.05, 4.69) is 62.2 Å². The first kappa shape index (κ1) is 21.0. The lowest BCUT2D eigenvalue weighted by Crippen LogP contribution is -2.21. The smallest absolute Gasteiger partial charge is 0.185 e. The summed E-state index contributed by atoms with van der Waals surface area (Å²) in [5.74, 6) is 1.39. The molecule has 1 aliphatic heterocycles. The summed E-state index contributed by atoms with van der Waals surface area (Å²) in [4.78, 5) is 21.3. The summed E-state index contributed by atoms with van der Waals surface area (Å²) in [6.07, 6.45) is 0.633. The van der Waals surface area contributed by atoms with Crippen molar-refractivity contribution in [2.45, 2.75) is 47.3 Å². The van der Waals surface area contributed by atoms with Gasteiger partial charge in [0, 0.05) is 74.3 Å². The number of hydrogen-bond donors (Lipinski definition) is 0. The number of fused-ring (bicyclic) bond motifs is 2. The highest BCUT2D eigenvalue weighted by Gasteiger charge is 2.34. The second-order valence-corrected chi connectivity index (χ2v) is 6.83. The predicted octanol–water partition coefficient (Wildman–Crippen LogP) is 5.01. The minimum absolute atomic E-state index is 0.169. The summed E-state index contributed by atoms with van der Waals surface area (Å²) in [5, 5.41) is 1.02. The zero-order valence-electron chi connectivity index (χ0n) is 19.8. The Labute approximate surface area is 198 Å². The number of nitrogens with zero attached hydrogens (tertiary/aromatic N) is 6. The summed E-state index contributed by atoms with van der Waals surface area (Å²) in [7, 11) is 3.46. The molecule has 0 fully saturated rings. The van der Waals surface area contributed by atoms with Crippen LogP contribution in [0, 0.1) is 34.6 Å². The molecule has 1 unspecified atom stereocenters. The lowest BCUT2D eigenvalue weighted by atomic mass is 10.0. The second-order valence-electron chi connectivity index (χ2n) is 6.83. The molecule has 29 heavy (non-hydrogen) atoms. The molecule has 7 nitrogen and oxygen atoms in total. The van der Waals surface area contributed by atoms with Crippen LogP contribution >= 0.6 is 37.2 Å². The topological polar surface area (TPSA) is 78.1 Å². The molecule has 0 aromatic carbocycles. The van der Waals surface area contributed by atoms with Gasteiger partial charge in [0.2, 0.25) is 0 Å². The molecule has 0 spiro atoms. The first-order chi connectivity index (χ1) is 14.5. The lowest BCUT2D eigenvalue weighted by Gasteiger charge is -2.21. The van der Waals surface area contributed by atoms with Crippen molar-refractivity contribution in [1.82, 2.24) is 24.5 Å². The van der Waals surface area contributed by atoms with Crippen molar-refractivity contribution in [2.24, 2.45) is 12.0 Å². The number of ether oxygens (including phenoxy) is 1. The van der Waals surface area contributed by atoms with E-state index in [0.29, 0.717) is 17.7 Å². The number of aliphatic imine (C=N–C) groups is 1. The molecule has 156 valence electrons. The lowest BCUT2D eigenvalue weighted by molar-refractivity contribution is 0.0124. The van der Waals surface area contributed by atoms with Crippen LogP contribution in [-0.2, 0) is 17.5 Å². The molecule has 0 saturated heterocycles. The number of aromatic nitrogens is 5. The fourth-order valence-corrected chi connectivity index (χ4v) is 3.35. The second kappa shape index (κ2) is 9.73. The van der Waals surface area contributed by atoms with Gasteiger partial charge in [-0.3, -0.25) is 4.99 Å². The van der Waals surface area contributed by atoms with Crippen LogP contribution in [0.2, 0.25) is 0 Å². The Morgan fingerprint density at radius 2 is 1.59 bits per heavy atom. The third-order valence-corrected chi connectivity index (χ3v) is 4.78. The van der Waals surface area contributed by atoms with E-state index in [9.17, 15) is 0 Å². The highest BCUT2D eigenvalue weighted by molar-refractivity contribution is 15.0. The summed E-state index contributed by atoms with van der Waals surface area (Å²) in [6.45, 7) is 11.3. The van der Waals surface area contributed by atoms with Gasteiger partial charge in [0.15, 0.2) is 5.72 Å². The molecule has 0 bridgehead atoms. The molecule has 0 aliphatic carbocycles. The maximum absolute atomic E-state index is 7.88. The highest BCUT2D eigenvalue weighted by atomic mass is 128. The van der Waals surface area contributed by atoms with E-state index in [1.165, 1.54) is 0 Å². The van der Waals surface area contributed by atoms with Crippen LogP contribution < -0.4 is 0 Å². The van der Waals surface area contributed by atoms with Crippen LogP contribution in [0.5, 0.6) is 0 Å². The van der Waals surface area contributed by atoms with Gasteiger partial charge in [0.05, 0.1) is 31.4 Å². The van der Waals surface area contributed by atoms with Gasteiger partial charge >= 0.3 is 0 Å². The van der Waals surface area contributed by atoms with Crippen LogP contribution in [0.4, 0.5) is 0 Å². The fourth-order valence-electron chi connectivity index (χ4n) is 3.35. The summed E-state index contributed by atoms with van der Waals surface area (Å²) < 4.78 is 22.8. The van der Waals surface area contributed by atoms with Gasteiger partial charge < -0.3 is 9.30 Å². The third kappa shape index (κ3) is 4.93. The average Bonchev–Trinajstić information content (AvgIpc) is 3.10. The zero-order valence-corrected chi connectivity index (χ0v) is 22.2. The molecule has 4 heterocycles. The first-order valence-electron chi connectivity index (χ1n) is 9.89. The highest BCUT2D eigenvalue weighted by Crippen LogP contribution is 2.33. The van der Waals surface area contributed by atoms with E-state index in [-0.39, 0.29) is 6.19 Å². The Hall–Kier alpha value is -1.21. The number of halogens is 2. The Kier molecular flexibility index (Phi) is 7.06. The molecule has 9 heteroatoms. The Morgan fingerprint density at radius 1 is 1.00 bits per heavy atom. The Balaban J connectivity index is 0.000000204. The van der Waals surface area contributed by atoms with Crippen molar-refractivity contribution in [2.75, 3.05) is 7.11 Å². The zero-order chi connectivity index (χ0) is 23.7. The van der Waals surface area contributed by atoms with Gasteiger partial charge in [0.25, 0.3) is 0 Å². The minimum atomic E-state index is -0.801. The number of hydrogen-bond acceptors (Lipinski definition) is 6. The van der Waals surface area contributed by atoms with Crippen molar-refractivity contribution in [3.05, 3.63) is 46.2 Å². The monoisotopic (exact) mass is 622 g/mol. The van der Waals surface area contributed by atoms with Gasteiger partial charge in [0.1, 0.15) is 11.6 Å². The summed E-state index contributed by atoms with van der Waals surface area (Å²) >= 11 is 4.24. The van der Waals surface area contributed by atoms with E-state index in [1.54, 1.807) is 7.11 Å². The maximum Gasteiger partial charge on any atom is 0.185 e.